The minimum absolute atomic E-state index is 0.0934. The Morgan fingerprint density at radius 1 is 1.19 bits per heavy atom. The number of aromatic nitrogens is 1. The fourth-order valence-corrected chi connectivity index (χ4v) is 3.65. The summed E-state index contributed by atoms with van der Waals surface area (Å²) in [6.07, 6.45) is 2.42. The number of fused-ring (bicyclic) bond motifs is 1. The average Bonchev–Trinajstić information content (AvgIpc) is 2.97. The van der Waals surface area contributed by atoms with E-state index in [0.717, 1.165) is 11.1 Å². The molecule has 0 fully saturated rings. The normalized spacial score (nSPS) is 14.0. The lowest BCUT2D eigenvalue weighted by Crippen LogP contribution is -2.33. The molecule has 1 N–H and O–H groups in total. The molecule has 0 aliphatic carbocycles. The van der Waals surface area contributed by atoms with Gasteiger partial charge in [0, 0.05) is 31.2 Å². The van der Waals surface area contributed by atoms with Crippen LogP contribution in [-0.2, 0) is 27.8 Å². The van der Waals surface area contributed by atoms with Gasteiger partial charge in [0.15, 0.2) is 0 Å². The van der Waals surface area contributed by atoms with Gasteiger partial charge >= 0.3 is 6.09 Å². The number of rotatable bonds is 3. The van der Waals surface area contributed by atoms with Gasteiger partial charge in [-0.05, 0) is 56.2 Å². The summed E-state index contributed by atoms with van der Waals surface area (Å²) < 4.78 is 32.7. The molecule has 1 aromatic carbocycles. The van der Waals surface area contributed by atoms with Crippen LogP contribution in [0.25, 0.3) is 0 Å². The van der Waals surface area contributed by atoms with Crippen LogP contribution in [0.1, 0.15) is 31.9 Å². The Morgan fingerprint density at radius 2 is 1.92 bits per heavy atom. The third-order valence-corrected chi connectivity index (χ3v) is 5.14. The van der Waals surface area contributed by atoms with E-state index in [1.54, 1.807) is 23.1 Å². The molecular formula is C18H21N3O4S. The number of benzene rings is 1. The van der Waals surface area contributed by atoms with E-state index in [0.29, 0.717) is 18.8 Å². The molecule has 0 unspecified atom stereocenters. The zero-order valence-corrected chi connectivity index (χ0v) is 15.7. The molecule has 3 rings (SSSR count). The van der Waals surface area contributed by atoms with E-state index in [1.807, 2.05) is 26.8 Å². The highest BCUT2D eigenvalue weighted by molar-refractivity contribution is 7.92. The molecule has 2 heterocycles. The first-order valence-corrected chi connectivity index (χ1v) is 9.65. The zero-order chi connectivity index (χ0) is 18.9. The minimum atomic E-state index is -3.70. The molecule has 1 aliphatic rings. The highest BCUT2D eigenvalue weighted by atomic mass is 32.2. The predicted octanol–water partition coefficient (Wildman–Crippen LogP) is 3.13. The van der Waals surface area contributed by atoms with Crippen LogP contribution >= 0.6 is 0 Å². The second-order valence-electron chi connectivity index (χ2n) is 7.11. The Morgan fingerprint density at radius 3 is 2.58 bits per heavy atom. The van der Waals surface area contributed by atoms with Crippen molar-refractivity contribution in [1.29, 1.82) is 0 Å². The van der Waals surface area contributed by atoms with Crippen LogP contribution < -0.4 is 4.72 Å². The molecule has 0 saturated carbocycles. The summed E-state index contributed by atoms with van der Waals surface area (Å²) in [5, 5.41) is 0. The minimum Gasteiger partial charge on any atom is -0.444 e. The number of hydrogen-bond donors (Lipinski definition) is 1. The largest absolute Gasteiger partial charge is 0.444 e. The maximum absolute atomic E-state index is 12.4. The smallest absolute Gasteiger partial charge is 0.410 e. The molecule has 0 atom stereocenters. The van der Waals surface area contributed by atoms with E-state index in [-0.39, 0.29) is 11.0 Å². The fourth-order valence-electron chi connectivity index (χ4n) is 2.63. The molecule has 7 nitrogen and oxygen atoms in total. The summed E-state index contributed by atoms with van der Waals surface area (Å²) in [6.45, 7) is 6.28. The predicted molar refractivity (Wildman–Crippen MR) is 97.0 cm³/mol. The van der Waals surface area contributed by atoms with E-state index in [1.165, 1.54) is 18.5 Å². The van der Waals surface area contributed by atoms with Crippen molar-refractivity contribution in [2.24, 2.45) is 0 Å². The van der Waals surface area contributed by atoms with Crippen LogP contribution in [0.4, 0.5) is 10.5 Å². The summed E-state index contributed by atoms with van der Waals surface area (Å²) in [7, 11) is -3.70. The van der Waals surface area contributed by atoms with Gasteiger partial charge in [0.05, 0.1) is 0 Å². The van der Waals surface area contributed by atoms with E-state index in [2.05, 4.69) is 9.71 Å². The molecular weight excluding hydrogens is 354 g/mol. The molecule has 0 saturated heterocycles. The molecule has 1 aromatic heterocycles. The Balaban J connectivity index is 1.74. The van der Waals surface area contributed by atoms with Crippen LogP contribution in [0.15, 0.2) is 47.6 Å². The van der Waals surface area contributed by atoms with Crippen molar-refractivity contribution in [3.8, 4) is 0 Å². The molecule has 1 amide bonds. The maximum atomic E-state index is 12.4. The van der Waals surface area contributed by atoms with Crippen molar-refractivity contribution in [2.45, 2.75) is 44.4 Å². The molecule has 0 spiro atoms. The topological polar surface area (TPSA) is 88.6 Å². The van der Waals surface area contributed by atoms with Crippen molar-refractivity contribution >= 4 is 21.8 Å². The van der Waals surface area contributed by atoms with Crippen molar-refractivity contribution in [2.75, 3.05) is 4.72 Å². The van der Waals surface area contributed by atoms with Gasteiger partial charge in [-0.2, -0.15) is 0 Å². The number of amides is 1. The van der Waals surface area contributed by atoms with Crippen molar-refractivity contribution in [1.82, 2.24) is 9.88 Å². The number of pyridine rings is 1. The van der Waals surface area contributed by atoms with Crippen LogP contribution in [0.3, 0.4) is 0 Å². The van der Waals surface area contributed by atoms with E-state index in [9.17, 15) is 13.2 Å². The molecule has 2 aromatic rings. The lowest BCUT2D eigenvalue weighted by molar-refractivity contribution is 0.0242. The molecule has 0 radical (unpaired) electrons. The zero-order valence-electron chi connectivity index (χ0n) is 14.9. The molecule has 0 bridgehead atoms. The number of hydrogen-bond acceptors (Lipinski definition) is 5. The Bertz CT molecular complexity index is 921. The van der Waals surface area contributed by atoms with Crippen molar-refractivity contribution < 1.29 is 17.9 Å². The number of nitrogens with one attached hydrogen (secondary N) is 1. The monoisotopic (exact) mass is 375 g/mol. The van der Waals surface area contributed by atoms with Crippen molar-refractivity contribution in [3.63, 3.8) is 0 Å². The van der Waals surface area contributed by atoms with Crippen LogP contribution in [0.2, 0.25) is 0 Å². The third kappa shape index (κ3) is 4.13. The fraction of sp³-hybridized carbons (Fsp3) is 0.333. The van der Waals surface area contributed by atoms with Crippen LogP contribution in [0.5, 0.6) is 0 Å². The summed E-state index contributed by atoms with van der Waals surface area (Å²) in [6, 6.07) is 8.29. The second kappa shape index (κ2) is 6.60. The van der Waals surface area contributed by atoms with Gasteiger partial charge < -0.3 is 4.74 Å². The number of carbonyl (C=O) groups excluding carboxylic acids is 1. The first kappa shape index (κ1) is 18.2. The molecule has 1 aliphatic heterocycles. The van der Waals surface area contributed by atoms with Crippen LogP contribution in [-0.4, -0.2) is 30.0 Å². The summed E-state index contributed by atoms with van der Waals surface area (Å²) in [4.78, 5) is 17.7. The number of carbonyl (C=O) groups is 1. The quantitative estimate of drug-likeness (QED) is 0.890. The number of sulfonamides is 1. The highest BCUT2D eigenvalue weighted by Gasteiger charge is 2.28. The second-order valence-corrected chi connectivity index (χ2v) is 8.80. The Hall–Kier alpha value is -2.61. The van der Waals surface area contributed by atoms with Gasteiger partial charge in [0.1, 0.15) is 10.5 Å². The van der Waals surface area contributed by atoms with Gasteiger partial charge in [0.2, 0.25) is 0 Å². The first-order valence-electron chi connectivity index (χ1n) is 8.17. The van der Waals surface area contributed by atoms with Crippen LogP contribution in [0, 0.1) is 0 Å². The van der Waals surface area contributed by atoms with E-state index in [4.69, 9.17) is 4.74 Å². The van der Waals surface area contributed by atoms with Gasteiger partial charge in [-0.1, -0.05) is 6.07 Å². The van der Waals surface area contributed by atoms with E-state index < -0.39 is 15.6 Å². The summed E-state index contributed by atoms with van der Waals surface area (Å²) in [5.74, 6) is 0. The van der Waals surface area contributed by atoms with Gasteiger partial charge in [0.25, 0.3) is 10.0 Å². The Kier molecular flexibility index (Phi) is 4.62. The first-order chi connectivity index (χ1) is 12.1. The average molecular weight is 375 g/mol. The highest BCUT2D eigenvalue weighted by Crippen LogP contribution is 2.28. The molecule has 26 heavy (non-hydrogen) atoms. The standard InChI is InChI=1S/C18H21N3O4S/c1-18(2,3)25-17(22)21-11-13-6-7-15(9-14(13)12-21)20-26(23,24)16-5-4-8-19-10-16/h4-10,20H,11-12H2,1-3H3. The Labute approximate surface area is 153 Å². The number of anilines is 1. The number of nitrogens with zero attached hydrogens (tertiary/aromatic N) is 2. The lowest BCUT2D eigenvalue weighted by atomic mass is 10.1. The van der Waals surface area contributed by atoms with Crippen molar-refractivity contribution in [3.05, 3.63) is 53.9 Å². The SMILES string of the molecule is CC(C)(C)OC(=O)N1Cc2ccc(NS(=O)(=O)c3cccnc3)cc2C1. The van der Waals surface area contributed by atoms with E-state index >= 15 is 0 Å². The number of ether oxygens (including phenoxy) is 1. The maximum Gasteiger partial charge on any atom is 0.410 e. The molecule has 8 heteroatoms. The summed E-state index contributed by atoms with van der Waals surface area (Å²) in [5.41, 5.74) is 1.75. The lowest BCUT2D eigenvalue weighted by Gasteiger charge is -2.24. The van der Waals surface area contributed by atoms with Gasteiger partial charge in [-0.3, -0.25) is 14.6 Å². The molecule has 138 valence electrons. The third-order valence-electron chi connectivity index (χ3n) is 3.78. The van der Waals surface area contributed by atoms with Gasteiger partial charge in [-0.15, -0.1) is 0 Å². The van der Waals surface area contributed by atoms with Gasteiger partial charge in [-0.25, -0.2) is 13.2 Å². The summed E-state index contributed by atoms with van der Waals surface area (Å²) >= 11 is 0.